The first-order valence-corrected chi connectivity index (χ1v) is 12.7. The van der Waals surface area contributed by atoms with Gasteiger partial charge in [0.25, 0.3) is 5.91 Å². The Morgan fingerprint density at radius 1 is 1.09 bits per heavy atom. The number of nitrogens with zero attached hydrogens (tertiary/aromatic N) is 1. The number of benzene rings is 2. The standard InChI is InChI=1S/C28H32N2O4S/c1-18(2)17-30-26(24-10-7-15-35-24)25(21-8-5-6-9-22(21)28(30)32)27(31)29-14-13-19-11-12-20(33-3)16-23(19)34-4/h5-12,15-16,18,25-26H,13-14,17H2,1-4H3,(H,29,31)/t25-,26-/m1/s1. The minimum absolute atomic E-state index is 0.0141. The van der Waals surface area contributed by atoms with Gasteiger partial charge < -0.3 is 19.7 Å². The average molecular weight is 493 g/mol. The number of thiophene rings is 1. The Balaban J connectivity index is 1.62. The summed E-state index contributed by atoms with van der Waals surface area (Å²) >= 11 is 1.58. The predicted molar refractivity (Wildman–Crippen MR) is 138 cm³/mol. The molecule has 0 fully saturated rings. The summed E-state index contributed by atoms with van der Waals surface area (Å²) in [6, 6.07) is 16.9. The van der Waals surface area contributed by atoms with E-state index >= 15 is 0 Å². The molecule has 2 atom stereocenters. The molecule has 0 saturated heterocycles. The van der Waals surface area contributed by atoms with Crippen LogP contribution in [0.15, 0.2) is 60.0 Å². The number of hydrogen-bond acceptors (Lipinski definition) is 5. The molecule has 1 aliphatic heterocycles. The molecule has 3 aromatic rings. The van der Waals surface area contributed by atoms with Gasteiger partial charge in [0.1, 0.15) is 11.5 Å². The van der Waals surface area contributed by atoms with Gasteiger partial charge in [-0.2, -0.15) is 0 Å². The van der Waals surface area contributed by atoms with Gasteiger partial charge in [0.15, 0.2) is 0 Å². The van der Waals surface area contributed by atoms with Crippen LogP contribution in [-0.4, -0.2) is 44.0 Å². The van der Waals surface area contributed by atoms with Crippen molar-refractivity contribution in [1.29, 1.82) is 0 Å². The third-order valence-electron chi connectivity index (χ3n) is 6.31. The molecule has 1 aliphatic rings. The van der Waals surface area contributed by atoms with Crippen molar-refractivity contribution in [2.75, 3.05) is 27.3 Å². The Hall–Kier alpha value is -3.32. The van der Waals surface area contributed by atoms with Crippen molar-refractivity contribution in [3.63, 3.8) is 0 Å². The molecule has 35 heavy (non-hydrogen) atoms. The summed E-state index contributed by atoms with van der Waals surface area (Å²) in [5.41, 5.74) is 2.39. The first kappa shape index (κ1) is 24.8. The molecule has 2 aromatic carbocycles. The lowest BCUT2D eigenvalue weighted by atomic mass is 9.81. The SMILES string of the molecule is COc1ccc(CCNC(=O)[C@@H]2c3ccccc3C(=O)N(CC(C)C)[C@@H]2c2cccs2)c(OC)c1. The Morgan fingerprint density at radius 2 is 1.89 bits per heavy atom. The highest BCUT2D eigenvalue weighted by molar-refractivity contribution is 7.10. The van der Waals surface area contributed by atoms with Crippen molar-refractivity contribution >= 4 is 23.2 Å². The fourth-order valence-corrected chi connectivity index (χ4v) is 5.61. The van der Waals surface area contributed by atoms with E-state index in [0.29, 0.717) is 25.1 Å². The minimum atomic E-state index is -0.487. The first-order chi connectivity index (χ1) is 16.9. The molecule has 0 spiro atoms. The average Bonchev–Trinajstić information content (AvgIpc) is 3.40. The van der Waals surface area contributed by atoms with Crippen molar-refractivity contribution in [2.24, 2.45) is 5.92 Å². The van der Waals surface area contributed by atoms with E-state index in [4.69, 9.17) is 9.47 Å². The summed E-state index contributed by atoms with van der Waals surface area (Å²) in [5, 5.41) is 5.14. The van der Waals surface area contributed by atoms with Crippen LogP contribution in [0.25, 0.3) is 0 Å². The number of hydrogen-bond donors (Lipinski definition) is 1. The Bertz CT molecular complexity index is 1180. The first-order valence-electron chi connectivity index (χ1n) is 11.9. The van der Waals surface area contributed by atoms with Gasteiger partial charge in [0, 0.05) is 29.6 Å². The lowest BCUT2D eigenvalue weighted by Crippen LogP contribution is -2.48. The summed E-state index contributed by atoms with van der Waals surface area (Å²) < 4.78 is 10.8. The third kappa shape index (κ3) is 5.20. The van der Waals surface area contributed by atoms with Gasteiger partial charge in [-0.25, -0.2) is 0 Å². The lowest BCUT2D eigenvalue weighted by molar-refractivity contribution is -0.124. The second-order valence-corrected chi connectivity index (χ2v) is 10.1. The Morgan fingerprint density at radius 3 is 2.57 bits per heavy atom. The molecule has 0 radical (unpaired) electrons. The molecule has 0 unspecified atom stereocenters. The summed E-state index contributed by atoms with van der Waals surface area (Å²) in [7, 11) is 3.25. The van der Waals surface area contributed by atoms with E-state index in [9.17, 15) is 9.59 Å². The monoisotopic (exact) mass is 492 g/mol. The summed E-state index contributed by atoms with van der Waals surface area (Å²) in [6.07, 6.45) is 0.617. The minimum Gasteiger partial charge on any atom is -0.497 e. The van der Waals surface area contributed by atoms with Crippen LogP contribution in [0.4, 0.5) is 0 Å². The molecule has 2 amide bonds. The smallest absolute Gasteiger partial charge is 0.254 e. The topological polar surface area (TPSA) is 67.9 Å². The van der Waals surface area contributed by atoms with E-state index < -0.39 is 5.92 Å². The zero-order valence-corrected chi connectivity index (χ0v) is 21.4. The van der Waals surface area contributed by atoms with Crippen LogP contribution in [0.1, 0.15) is 52.2 Å². The number of carbonyl (C=O) groups is 2. The molecule has 0 bridgehead atoms. The number of rotatable bonds is 9. The maximum absolute atomic E-state index is 13.8. The molecule has 0 saturated carbocycles. The second kappa shape index (κ2) is 11.0. The summed E-state index contributed by atoms with van der Waals surface area (Å²) in [5.74, 6) is 1.15. The van der Waals surface area contributed by atoms with Crippen LogP contribution in [0.5, 0.6) is 11.5 Å². The molecule has 1 aromatic heterocycles. The van der Waals surface area contributed by atoms with E-state index in [1.165, 1.54) is 0 Å². The molecule has 4 rings (SSSR count). The molecular weight excluding hydrogens is 460 g/mol. The van der Waals surface area contributed by atoms with Crippen molar-refractivity contribution in [1.82, 2.24) is 10.2 Å². The van der Waals surface area contributed by atoms with Gasteiger partial charge >= 0.3 is 0 Å². The molecule has 1 N–H and O–H groups in total. The number of carbonyl (C=O) groups excluding carboxylic acids is 2. The number of fused-ring (bicyclic) bond motifs is 1. The number of methoxy groups -OCH3 is 2. The van der Waals surface area contributed by atoms with Crippen molar-refractivity contribution in [3.05, 3.63) is 81.5 Å². The molecule has 2 heterocycles. The molecule has 7 heteroatoms. The van der Waals surface area contributed by atoms with Gasteiger partial charge in [-0.3, -0.25) is 9.59 Å². The van der Waals surface area contributed by atoms with Gasteiger partial charge in [-0.15, -0.1) is 11.3 Å². The fourth-order valence-electron chi connectivity index (χ4n) is 4.73. The van der Waals surface area contributed by atoms with Crippen LogP contribution >= 0.6 is 11.3 Å². The van der Waals surface area contributed by atoms with Crippen LogP contribution in [0.3, 0.4) is 0 Å². The molecule has 6 nitrogen and oxygen atoms in total. The highest BCUT2D eigenvalue weighted by Crippen LogP contribution is 2.44. The van der Waals surface area contributed by atoms with Crippen LogP contribution in [-0.2, 0) is 11.2 Å². The predicted octanol–water partition coefficient (Wildman–Crippen LogP) is 5.06. The van der Waals surface area contributed by atoms with Gasteiger partial charge in [-0.05, 0) is 47.0 Å². The molecule has 184 valence electrons. The largest absolute Gasteiger partial charge is 0.497 e. The van der Waals surface area contributed by atoms with Gasteiger partial charge in [-0.1, -0.05) is 44.2 Å². The number of ether oxygens (including phenoxy) is 2. The molecule has 0 aliphatic carbocycles. The summed E-state index contributed by atoms with van der Waals surface area (Å²) in [6.45, 7) is 5.23. The van der Waals surface area contributed by atoms with Crippen LogP contribution in [0.2, 0.25) is 0 Å². The highest BCUT2D eigenvalue weighted by atomic mass is 32.1. The van der Waals surface area contributed by atoms with Crippen molar-refractivity contribution in [2.45, 2.75) is 32.2 Å². The van der Waals surface area contributed by atoms with E-state index in [-0.39, 0.29) is 23.8 Å². The van der Waals surface area contributed by atoms with Crippen molar-refractivity contribution < 1.29 is 19.1 Å². The van der Waals surface area contributed by atoms with Crippen molar-refractivity contribution in [3.8, 4) is 11.5 Å². The van der Waals surface area contributed by atoms with E-state index in [0.717, 1.165) is 27.5 Å². The quantitative estimate of drug-likeness (QED) is 0.453. The van der Waals surface area contributed by atoms with E-state index in [1.54, 1.807) is 25.6 Å². The number of nitrogens with one attached hydrogen (secondary N) is 1. The van der Waals surface area contributed by atoms with E-state index in [2.05, 4.69) is 19.2 Å². The van der Waals surface area contributed by atoms with Gasteiger partial charge in [0.2, 0.25) is 5.91 Å². The van der Waals surface area contributed by atoms with Gasteiger partial charge in [0.05, 0.1) is 26.2 Å². The third-order valence-corrected chi connectivity index (χ3v) is 7.25. The zero-order valence-electron chi connectivity index (χ0n) is 20.6. The Kier molecular flexibility index (Phi) is 7.76. The van der Waals surface area contributed by atoms with Crippen LogP contribution in [0, 0.1) is 5.92 Å². The maximum Gasteiger partial charge on any atom is 0.254 e. The summed E-state index contributed by atoms with van der Waals surface area (Å²) in [4.78, 5) is 30.2. The van der Waals surface area contributed by atoms with E-state index in [1.807, 2.05) is 64.9 Å². The second-order valence-electron chi connectivity index (χ2n) is 9.10. The maximum atomic E-state index is 13.8. The Labute approximate surface area is 210 Å². The fraction of sp³-hybridized carbons (Fsp3) is 0.357. The normalized spacial score (nSPS) is 17.3. The number of amides is 2. The van der Waals surface area contributed by atoms with Crippen LogP contribution < -0.4 is 14.8 Å². The zero-order chi connectivity index (χ0) is 24.9. The molecular formula is C28H32N2O4S. The lowest BCUT2D eigenvalue weighted by Gasteiger charge is -2.42. The highest BCUT2D eigenvalue weighted by Gasteiger charge is 2.44.